The molecule has 0 radical (unpaired) electrons. The molecule has 1 aromatic carbocycles. The van der Waals surface area contributed by atoms with E-state index in [2.05, 4.69) is 10.6 Å². The quantitative estimate of drug-likeness (QED) is 0.810. The second kappa shape index (κ2) is 9.51. The van der Waals surface area contributed by atoms with Crippen molar-refractivity contribution >= 4 is 29.2 Å². The second-order valence-electron chi connectivity index (χ2n) is 6.22. The molecule has 1 aliphatic rings. The molecule has 0 aliphatic heterocycles. The first-order valence-electron chi connectivity index (χ1n) is 8.67. The lowest BCUT2D eigenvalue weighted by atomic mass is 9.96. The van der Waals surface area contributed by atoms with Gasteiger partial charge in [0.15, 0.2) is 0 Å². The third-order valence-electron chi connectivity index (χ3n) is 4.39. The van der Waals surface area contributed by atoms with Crippen molar-refractivity contribution in [1.82, 2.24) is 10.6 Å². The van der Waals surface area contributed by atoms with E-state index in [1.807, 2.05) is 0 Å². The molecule has 25 heavy (non-hydrogen) atoms. The zero-order valence-electron chi connectivity index (χ0n) is 14.8. The minimum Gasteiger partial charge on any atom is -0.495 e. The monoisotopic (exact) mass is 367 g/mol. The van der Waals surface area contributed by atoms with Crippen molar-refractivity contribution in [2.45, 2.75) is 45.1 Å². The summed E-state index contributed by atoms with van der Waals surface area (Å²) in [6.45, 7) is 2.22. The molecule has 1 aromatic rings. The number of amides is 3. The Morgan fingerprint density at radius 1 is 1.28 bits per heavy atom. The molecule has 1 fully saturated rings. The number of rotatable bonds is 6. The van der Waals surface area contributed by atoms with Gasteiger partial charge in [-0.15, -0.1) is 0 Å². The Balaban J connectivity index is 1.86. The van der Waals surface area contributed by atoms with Crippen LogP contribution in [-0.4, -0.2) is 38.2 Å². The number of ether oxygens (including phenoxy) is 1. The molecule has 0 unspecified atom stereocenters. The fourth-order valence-electron chi connectivity index (χ4n) is 3.06. The molecule has 3 amide bonds. The number of methoxy groups -OCH3 is 1. The number of nitrogens with one attached hydrogen (secondary N) is 2. The number of nitrogens with zero attached hydrogens (tertiary/aromatic N) is 1. The number of carbonyl (C=O) groups excluding carboxylic acids is 2. The van der Waals surface area contributed by atoms with E-state index in [9.17, 15) is 9.59 Å². The Bertz CT molecular complexity index is 603. The lowest BCUT2D eigenvalue weighted by molar-refractivity contribution is -0.116. The average molecular weight is 368 g/mol. The molecule has 0 spiro atoms. The molecule has 7 heteroatoms. The van der Waals surface area contributed by atoms with Gasteiger partial charge < -0.3 is 20.3 Å². The van der Waals surface area contributed by atoms with Crippen LogP contribution in [0.5, 0.6) is 5.75 Å². The van der Waals surface area contributed by atoms with E-state index in [1.54, 1.807) is 30.2 Å². The fourth-order valence-corrected chi connectivity index (χ4v) is 3.31. The molecular formula is C18H26ClN3O3. The lowest BCUT2D eigenvalue weighted by Gasteiger charge is -2.24. The van der Waals surface area contributed by atoms with Crippen LogP contribution in [0.1, 0.15) is 39.0 Å². The predicted molar refractivity (Wildman–Crippen MR) is 99.4 cm³/mol. The van der Waals surface area contributed by atoms with Crippen LogP contribution < -0.4 is 20.3 Å². The summed E-state index contributed by atoms with van der Waals surface area (Å²) < 4.78 is 5.12. The summed E-state index contributed by atoms with van der Waals surface area (Å²) in [4.78, 5) is 25.5. The van der Waals surface area contributed by atoms with Crippen LogP contribution in [0.2, 0.25) is 5.02 Å². The van der Waals surface area contributed by atoms with Crippen molar-refractivity contribution in [3.8, 4) is 5.75 Å². The van der Waals surface area contributed by atoms with Crippen molar-refractivity contribution in [3.63, 3.8) is 0 Å². The van der Waals surface area contributed by atoms with Crippen LogP contribution in [0.3, 0.4) is 0 Å². The van der Waals surface area contributed by atoms with E-state index in [-0.39, 0.29) is 18.0 Å². The molecule has 138 valence electrons. The maximum absolute atomic E-state index is 12.0. The van der Waals surface area contributed by atoms with Crippen LogP contribution >= 0.6 is 11.6 Å². The largest absolute Gasteiger partial charge is 0.495 e. The molecule has 6 nitrogen and oxygen atoms in total. The highest BCUT2D eigenvalue weighted by atomic mass is 35.5. The van der Waals surface area contributed by atoms with Crippen LogP contribution in [0, 0.1) is 0 Å². The number of anilines is 1. The molecule has 0 atom stereocenters. The van der Waals surface area contributed by atoms with E-state index in [4.69, 9.17) is 16.3 Å². The van der Waals surface area contributed by atoms with Gasteiger partial charge in [-0.3, -0.25) is 4.79 Å². The zero-order chi connectivity index (χ0) is 18.2. The van der Waals surface area contributed by atoms with Crippen LogP contribution in [0.15, 0.2) is 18.2 Å². The number of benzene rings is 1. The van der Waals surface area contributed by atoms with Gasteiger partial charge >= 0.3 is 6.03 Å². The minimum atomic E-state index is -0.178. The molecule has 2 rings (SSSR count). The Morgan fingerprint density at radius 3 is 2.60 bits per heavy atom. The second-order valence-corrected chi connectivity index (χ2v) is 6.63. The standard InChI is InChI=1S/C18H26ClN3O3/c1-13(23)22(15-8-9-17(25-2)16(19)12-15)11-10-20-18(24)21-14-6-4-3-5-7-14/h8-9,12,14H,3-7,10-11H2,1-2H3,(H2,20,21,24). The molecule has 1 saturated carbocycles. The molecule has 0 heterocycles. The fraction of sp³-hybridized carbons (Fsp3) is 0.556. The first kappa shape index (κ1) is 19.4. The minimum absolute atomic E-state index is 0.115. The highest BCUT2D eigenvalue weighted by Crippen LogP contribution is 2.29. The van der Waals surface area contributed by atoms with Gasteiger partial charge in [0, 0.05) is 31.7 Å². The summed E-state index contributed by atoms with van der Waals surface area (Å²) in [6.07, 6.45) is 5.66. The van der Waals surface area contributed by atoms with Crippen molar-refractivity contribution in [1.29, 1.82) is 0 Å². The van der Waals surface area contributed by atoms with E-state index in [1.165, 1.54) is 26.2 Å². The Labute approximate surface area is 153 Å². The summed E-state index contributed by atoms with van der Waals surface area (Å²) in [7, 11) is 1.54. The molecule has 0 bridgehead atoms. The molecule has 0 saturated heterocycles. The number of halogens is 1. The van der Waals surface area contributed by atoms with Crippen LogP contribution in [0.25, 0.3) is 0 Å². The van der Waals surface area contributed by atoms with Gasteiger partial charge in [-0.2, -0.15) is 0 Å². The van der Waals surface area contributed by atoms with E-state index in [0.717, 1.165) is 12.8 Å². The van der Waals surface area contributed by atoms with Crippen molar-refractivity contribution < 1.29 is 14.3 Å². The van der Waals surface area contributed by atoms with Gasteiger partial charge in [-0.1, -0.05) is 30.9 Å². The predicted octanol–water partition coefficient (Wildman–Crippen LogP) is 3.33. The number of hydrogen-bond donors (Lipinski definition) is 2. The number of hydrogen-bond acceptors (Lipinski definition) is 3. The average Bonchev–Trinajstić information content (AvgIpc) is 2.59. The van der Waals surface area contributed by atoms with Gasteiger partial charge in [0.1, 0.15) is 5.75 Å². The van der Waals surface area contributed by atoms with Gasteiger partial charge in [-0.05, 0) is 31.0 Å². The highest BCUT2D eigenvalue weighted by molar-refractivity contribution is 6.32. The molecule has 1 aliphatic carbocycles. The SMILES string of the molecule is COc1ccc(N(CCNC(=O)NC2CCCCC2)C(C)=O)cc1Cl. The summed E-state index contributed by atoms with van der Waals surface area (Å²) in [5, 5.41) is 6.25. The number of urea groups is 1. The zero-order valence-corrected chi connectivity index (χ0v) is 15.6. The highest BCUT2D eigenvalue weighted by Gasteiger charge is 2.17. The summed E-state index contributed by atoms with van der Waals surface area (Å²) >= 11 is 6.13. The topological polar surface area (TPSA) is 70.7 Å². The molecular weight excluding hydrogens is 342 g/mol. The Kier molecular flexibility index (Phi) is 7.37. The summed E-state index contributed by atoms with van der Waals surface area (Å²) in [5.41, 5.74) is 0.674. The maximum atomic E-state index is 12.0. The normalized spacial score (nSPS) is 14.7. The van der Waals surface area contributed by atoms with E-state index >= 15 is 0 Å². The van der Waals surface area contributed by atoms with Crippen LogP contribution in [0.4, 0.5) is 10.5 Å². The Hall–Kier alpha value is -1.95. The van der Waals surface area contributed by atoms with Gasteiger partial charge in [0.2, 0.25) is 5.91 Å². The first-order chi connectivity index (χ1) is 12.0. The lowest BCUT2D eigenvalue weighted by Crippen LogP contribution is -2.45. The van der Waals surface area contributed by atoms with E-state index in [0.29, 0.717) is 29.5 Å². The van der Waals surface area contributed by atoms with Crippen molar-refractivity contribution in [3.05, 3.63) is 23.2 Å². The smallest absolute Gasteiger partial charge is 0.315 e. The summed E-state index contributed by atoms with van der Waals surface area (Å²) in [6, 6.07) is 5.26. The Morgan fingerprint density at radius 2 is 2.00 bits per heavy atom. The number of carbonyl (C=O) groups is 2. The van der Waals surface area contributed by atoms with Gasteiger partial charge in [0.05, 0.1) is 12.1 Å². The summed E-state index contributed by atoms with van der Waals surface area (Å²) in [5.74, 6) is 0.439. The van der Waals surface area contributed by atoms with Crippen molar-refractivity contribution in [2.24, 2.45) is 0 Å². The third-order valence-corrected chi connectivity index (χ3v) is 4.68. The van der Waals surface area contributed by atoms with Crippen LogP contribution in [-0.2, 0) is 4.79 Å². The molecule has 2 N–H and O–H groups in total. The first-order valence-corrected chi connectivity index (χ1v) is 9.05. The third kappa shape index (κ3) is 5.81. The van der Waals surface area contributed by atoms with E-state index < -0.39 is 0 Å². The van der Waals surface area contributed by atoms with Gasteiger partial charge in [-0.25, -0.2) is 4.79 Å². The van der Waals surface area contributed by atoms with Crippen molar-refractivity contribution in [2.75, 3.05) is 25.1 Å². The maximum Gasteiger partial charge on any atom is 0.315 e. The van der Waals surface area contributed by atoms with Gasteiger partial charge in [0.25, 0.3) is 0 Å². The molecule has 0 aromatic heterocycles.